The third kappa shape index (κ3) is 3.93. The highest BCUT2D eigenvalue weighted by molar-refractivity contribution is 7.92. The van der Waals surface area contributed by atoms with Gasteiger partial charge in [-0.05, 0) is 36.8 Å². The van der Waals surface area contributed by atoms with Crippen LogP contribution in [-0.4, -0.2) is 34.8 Å². The van der Waals surface area contributed by atoms with E-state index in [0.717, 1.165) is 5.56 Å². The zero-order chi connectivity index (χ0) is 23.9. The molecule has 1 aliphatic heterocycles. The summed E-state index contributed by atoms with van der Waals surface area (Å²) in [5.74, 6) is 0.872. The molecule has 2 heterocycles. The highest BCUT2D eigenvalue weighted by Crippen LogP contribution is 2.39. The van der Waals surface area contributed by atoms with Crippen LogP contribution in [0.2, 0.25) is 0 Å². The van der Waals surface area contributed by atoms with Gasteiger partial charge in [0.25, 0.3) is 10.0 Å². The van der Waals surface area contributed by atoms with E-state index >= 15 is 0 Å². The molecular weight excluding hydrogens is 476 g/mol. The summed E-state index contributed by atoms with van der Waals surface area (Å²) in [5, 5.41) is 0.692. The van der Waals surface area contributed by atoms with Crippen LogP contribution in [0.3, 0.4) is 0 Å². The Morgan fingerprint density at radius 3 is 2.21 bits per heavy atom. The first kappa shape index (κ1) is 22.5. The Kier molecular flexibility index (Phi) is 5.59. The fourth-order valence-corrected chi connectivity index (χ4v) is 6.59. The number of sulfonamides is 2. The van der Waals surface area contributed by atoms with Crippen LogP contribution in [0.5, 0.6) is 5.75 Å². The zero-order valence-electron chi connectivity index (χ0n) is 18.3. The summed E-state index contributed by atoms with van der Waals surface area (Å²) in [6.07, 6.45) is 0.423. The largest absolute Gasteiger partial charge is 0.493 e. The molecule has 0 amide bonds. The van der Waals surface area contributed by atoms with Crippen molar-refractivity contribution in [3.8, 4) is 5.75 Å². The molecule has 0 atom stereocenters. The van der Waals surface area contributed by atoms with E-state index in [2.05, 4.69) is 4.72 Å². The number of methoxy groups -OCH3 is 1. The van der Waals surface area contributed by atoms with Crippen molar-refractivity contribution < 1.29 is 26.0 Å². The van der Waals surface area contributed by atoms with Gasteiger partial charge in [0.2, 0.25) is 10.0 Å². The molecule has 0 radical (unpaired) electrons. The molecule has 0 fully saturated rings. The first-order chi connectivity index (χ1) is 16.3. The van der Waals surface area contributed by atoms with Gasteiger partial charge in [-0.25, -0.2) is 16.8 Å². The number of fused-ring (bicyclic) bond motifs is 3. The maximum Gasteiger partial charge on any atom is 0.261 e. The maximum atomic E-state index is 13.1. The van der Waals surface area contributed by atoms with Crippen LogP contribution >= 0.6 is 0 Å². The van der Waals surface area contributed by atoms with Crippen LogP contribution in [0.15, 0.2) is 87.0 Å². The van der Waals surface area contributed by atoms with E-state index in [0.29, 0.717) is 34.6 Å². The SMILES string of the molecule is COc1cc(NS(=O)(=O)c2ccccc2)cc2c3c(oc12)CN(S(=O)(=O)c1ccccc1)CC3. The molecule has 0 saturated carbocycles. The predicted octanol–water partition coefficient (Wildman–Crippen LogP) is 3.99. The van der Waals surface area contributed by atoms with E-state index < -0.39 is 20.0 Å². The van der Waals surface area contributed by atoms with E-state index in [1.165, 1.54) is 23.5 Å². The van der Waals surface area contributed by atoms with Crippen LogP contribution in [-0.2, 0) is 33.0 Å². The van der Waals surface area contributed by atoms with Crippen molar-refractivity contribution in [1.29, 1.82) is 0 Å². The van der Waals surface area contributed by atoms with Crippen molar-refractivity contribution in [3.05, 3.63) is 84.1 Å². The second-order valence-corrected chi connectivity index (χ2v) is 11.5. The van der Waals surface area contributed by atoms with Crippen molar-refractivity contribution >= 4 is 36.7 Å². The predicted molar refractivity (Wildman–Crippen MR) is 128 cm³/mol. The molecule has 176 valence electrons. The van der Waals surface area contributed by atoms with Gasteiger partial charge in [-0.3, -0.25) is 4.72 Å². The lowest BCUT2D eigenvalue weighted by molar-refractivity contribution is 0.346. The van der Waals surface area contributed by atoms with Gasteiger partial charge in [0, 0.05) is 23.6 Å². The van der Waals surface area contributed by atoms with E-state index in [9.17, 15) is 16.8 Å². The molecule has 0 spiro atoms. The highest BCUT2D eigenvalue weighted by atomic mass is 32.2. The van der Waals surface area contributed by atoms with Crippen molar-refractivity contribution in [2.24, 2.45) is 0 Å². The van der Waals surface area contributed by atoms with E-state index in [1.54, 1.807) is 60.7 Å². The van der Waals surface area contributed by atoms with Crippen molar-refractivity contribution in [2.45, 2.75) is 22.8 Å². The monoisotopic (exact) mass is 498 g/mol. The second-order valence-electron chi connectivity index (χ2n) is 7.88. The molecule has 3 aromatic carbocycles. The van der Waals surface area contributed by atoms with Crippen molar-refractivity contribution in [2.75, 3.05) is 18.4 Å². The molecule has 0 aliphatic carbocycles. The van der Waals surface area contributed by atoms with Crippen LogP contribution in [0.25, 0.3) is 11.0 Å². The van der Waals surface area contributed by atoms with Gasteiger partial charge < -0.3 is 9.15 Å². The van der Waals surface area contributed by atoms with Crippen LogP contribution in [0.1, 0.15) is 11.3 Å². The summed E-state index contributed by atoms with van der Waals surface area (Å²) in [7, 11) is -5.99. The smallest absolute Gasteiger partial charge is 0.261 e. The number of ether oxygens (including phenoxy) is 1. The molecule has 1 N–H and O–H groups in total. The Balaban J connectivity index is 1.51. The molecule has 1 aliphatic rings. The molecule has 0 saturated heterocycles. The first-order valence-corrected chi connectivity index (χ1v) is 13.5. The minimum atomic E-state index is -3.79. The first-order valence-electron chi connectivity index (χ1n) is 10.5. The zero-order valence-corrected chi connectivity index (χ0v) is 19.9. The molecule has 0 unspecified atom stereocenters. The van der Waals surface area contributed by atoms with Crippen LogP contribution in [0, 0.1) is 0 Å². The fraction of sp³-hybridized carbons (Fsp3) is 0.167. The van der Waals surface area contributed by atoms with Gasteiger partial charge in [0.15, 0.2) is 11.3 Å². The fourth-order valence-electron chi connectivity index (χ4n) is 4.12. The Labute approximate surface area is 197 Å². The number of anilines is 1. The quantitative estimate of drug-likeness (QED) is 0.431. The van der Waals surface area contributed by atoms with Crippen LogP contribution < -0.4 is 9.46 Å². The van der Waals surface area contributed by atoms with E-state index in [4.69, 9.17) is 9.15 Å². The third-order valence-corrected chi connectivity index (χ3v) is 9.04. The van der Waals surface area contributed by atoms with Gasteiger partial charge in [0.05, 0.1) is 29.1 Å². The Morgan fingerprint density at radius 1 is 0.912 bits per heavy atom. The van der Waals surface area contributed by atoms with Crippen LogP contribution in [0.4, 0.5) is 5.69 Å². The van der Waals surface area contributed by atoms with Gasteiger partial charge in [-0.1, -0.05) is 36.4 Å². The summed E-state index contributed by atoms with van der Waals surface area (Å²) in [4.78, 5) is 0.370. The molecule has 4 aromatic rings. The molecule has 8 nitrogen and oxygen atoms in total. The van der Waals surface area contributed by atoms with Gasteiger partial charge in [0.1, 0.15) is 5.76 Å². The topological polar surface area (TPSA) is 106 Å². The summed E-state index contributed by atoms with van der Waals surface area (Å²) >= 11 is 0. The number of hydrogen-bond donors (Lipinski definition) is 1. The maximum absolute atomic E-state index is 13.1. The molecule has 34 heavy (non-hydrogen) atoms. The summed E-state index contributed by atoms with van der Waals surface area (Å²) in [6.45, 7) is 0.358. The lowest BCUT2D eigenvalue weighted by Gasteiger charge is -2.25. The Morgan fingerprint density at radius 2 is 1.56 bits per heavy atom. The number of furan rings is 1. The second kappa shape index (κ2) is 8.46. The van der Waals surface area contributed by atoms with Gasteiger partial charge >= 0.3 is 0 Å². The number of benzene rings is 3. The molecular formula is C24H22N2O6S2. The minimum absolute atomic E-state index is 0.0788. The average molecular weight is 499 g/mol. The molecule has 0 bridgehead atoms. The van der Waals surface area contributed by atoms with Gasteiger partial charge in [-0.15, -0.1) is 0 Å². The standard InChI is InChI=1S/C24H22N2O6S2/c1-31-22-15-17(25-33(27,28)18-8-4-2-5-9-18)14-21-20-12-13-26(16-23(20)32-24(21)22)34(29,30)19-10-6-3-7-11-19/h2-11,14-15,25H,12-13,16H2,1H3. The van der Waals surface area contributed by atoms with E-state index in [-0.39, 0.29) is 22.9 Å². The Hall–Kier alpha value is -3.34. The number of nitrogens with one attached hydrogen (secondary N) is 1. The summed E-state index contributed by atoms with van der Waals surface area (Å²) in [6, 6.07) is 19.6. The minimum Gasteiger partial charge on any atom is -0.493 e. The molecule has 10 heteroatoms. The van der Waals surface area contributed by atoms with Crippen molar-refractivity contribution in [1.82, 2.24) is 4.31 Å². The summed E-state index contributed by atoms with van der Waals surface area (Å²) < 4.78 is 67.2. The lowest BCUT2D eigenvalue weighted by Crippen LogP contribution is -2.35. The lowest BCUT2D eigenvalue weighted by atomic mass is 10.0. The highest BCUT2D eigenvalue weighted by Gasteiger charge is 2.32. The van der Waals surface area contributed by atoms with Crippen molar-refractivity contribution in [3.63, 3.8) is 0 Å². The number of rotatable bonds is 6. The number of nitrogens with zero attached hydrogens (tertiary/aromatic N) is 1. The van der Waals surface area contributed by atoms with E-state index in [1.807, 2.05) is 0 Å². The molecule has 5 rings (SSSR count). The molecule has 1 aromatic heterocycles. The third-order valence-electron chi connectivity index (χ3n) is 5.78. The summed E-state index contributed by atoms with van der Waals surface area (Å²) in [5.41, 5.74) is 1.62. The van der Waals surface area contributed by atoms with Gasteiger partial charge in [-0.2, -0.15) is 4.31 Å². The Bertz CT molecular complexity index is 1560. The number of hydrogen-bond acceptors (Lipinski definition) is 6. The average Bonchev–Trinajstić information content (AvgIpc) is 3.22. The normalized spacial score (nSPS) is 14.6.